The lowest BCUT2D eigenvalue weighted by molar-refractivity contribution is 0.0779. The number of hydrogen-bond acceptors (Lipinski definition) is 8. The zero-order valence-electron chi connectivity index (χ0n) is 18.1. The van der Waals surface area contributed by atoms with Crippen LogP contribution in [0.3, 0.4) is 0 Å². The van der Waals surface area contributed by atoms with Crippen molar-refractivity contribution in [2.24, 2.45) is 7.05 Å². The zero-order valence-corrected chi connectivity index (χ0v) is 18.1. The highest BCUT2D eigenvalue weighted by Gasteiger charge is 2.24. The molecule has 0 aliphatic carbocycles. The van der Waals surface area contributed by atoms with Crippen LogP contribution in [0.1, 0.15) is 11.1 Å². The Kier molecular flexibility index (Phi) is 5.83. The van der Waals surface area contributed by atoms with Gasteiger partial charge in [-0.1, -0.05) is 30.3 Å². The molecule has 0 saturated carbocycles. The van der Waals surface area contributed by atoms with Crippen molar-refractivity contribution in [2.75, 3.05) is 17.0 Å². The molecule has 1 aliphatic rings. The summed E-state index contributed by atoms with van der Waals surface area (Å²) in [6, 6.07) is 17.9. The minimum atomic E-state index is 0.178. The second-order valence-corrected chi connectivity index (χ2v) is 7.42. The van der Waals surface area contributed by atoms with Crippen molar-refractivity contribution in [1.29, 1.82) is 0 Å². The van der Waals surface area contributed by atoms with E-state index in [1.54, 1.807) is 29.5 Å². The van der Waals surface area contributed by atoms with E-state index in [0.29, 0.717) is 36.6 Å². The standard InChI is InChI=1S/C24H23N7O2/c1-30-24(31(21-16-32-17-33-21)15-19-6-3-2-4-7-19)28-23(29-30)20-8-5-11-26-22(20)27-14-18-9-12-25-13-10-18/h2-13,16H,14-15,17H2,1H3,(H,26,27). The van der Waals surface area contributed by atoms with Gasteiger partial charge in [0.25, 0.3) is 0 Å². The molecule has 33 heavy (non-hydrogen) atoms. The number of nitrogens with one attached hydrogen (secondary N) is 1. The van der Waals surface area contributed by atoms with Gasteiger partial charge in [-0.05, 0) is 35.4 Å². The number of benzene rings is 1. The van der Waals surface area contributed by atoms with Crippen molar-refractivity contribution in [2.45, 2.75) is 13.1 Å². The van der Waals surface area contributed by atoms with Gasteiger partial charge in [-0.3, -0.25) is 9.88 Å². The molecule has 9 nitrogen and oxygen atoms in total. The van der Waals surface area contributed by atoms with E-state index in [2.05, 4.69) is 32.5 Å². The first-order valence-corrected chi connectivity index (χ1v) is 10.5. The van der Waals surface area contributed by atoms with Crippen LogP contribution in [0.15, 0.2) is 85.3 Å². The average Bonchev–Trinajstić information content (AvgIpc) is 3.53. The minimum Gasteiger partial charge on any atom is -0.459 e. The monoisotopic (exact) mass is 441 g/mol. The molecule has 5 rings (SSSR count). The van der Waals surface area contributed by atoms with Crippen LogP contribution in [-0.4, -0.2) is 31.5 Å². The maximum atomic E-state index is 5.68. The summed E-state index contributed by atoms with van der Waals surface area (Å²) in [6.45, 7) is 1.35. The van der Waals surface area contributed by atoms with Crippen LogP contribution < -0.4 is 10.2 Å². The number of ether oxygens (including phenoxy) is 2. The fourth-order valence-corrected chi connectivity index (χ4v) is 3.53. The van der Waals surface area contributed by atoms with E-state index in [-0.39, 0.29) is 6.79 Å². The molecule has 0 fully saturated rings. The molecular weight excluding hydrogens is 418 g/mol. The largest absolute Gasteiger partial charge is 0.459 e. The van der Waals surface area contributed by atoms with Crippen LogP contribution in [0, 0.1) is 0 Å². The quantitative estimate of drug-likeness (QED) is 0.443. The van der Waals surface area contributed by atoms with E-state index >= 15 is 0 Å². The van der Waals surface area contributed by atoms with Crippen LogP contribution in [0.2, 0.25) is 0 Å². The fourth-order valence-electron chi connectivity index (χ4n) is 3.53. The second-order valence-electron chi connectivity index (χ2n) is 7.42. The lowest BCUT2D eigenvalue weighted by Gasteiger charge is -2.22. The number of rotatable bonds is 8. The number of hydrogen-bond donors (Lipinski definition) is 1. The number of aromatic nitrogens is 5. The van der Waals surface area contributed by atoms with Crippen LogP contribution in [-0.2, 0) is 29.6 Å². The molecule has 0 spiro atoms. The number of nitrogens with zero attached hydrogens (tertiary/aromatic N) is 6. The molecule has 3 aromatic heterocycles. The Morgan fingerprint density at radius 3 is 2.64 bits per heavy atom. The SMILES string of the molecule is Cn1nc(-c2cccnc2NCc2ccncc2)nc1N(Cc1ccccc1)C1=COCO1. The molecule has 1 N–H and O–H groups in total. The summed E-state index contributed by atoms with van der Waals surface area (Å²) in [5.74, 6) is 2.49. The van der Waals surface area contributed by atoms with E-state index < -0.39 is 0 Å². The predicted octanol–water partition coefficient (Wildman–Crippen LogP) is 3.69. The Balaban J connectivity index is 1.45. The van der Waals surface area contributed by atoms with Gasteiger partial charge in [0.15, 0.2) is 5.82 Å². The number of aryl methyl sites for hydroxylation is 1. The lowest BCUT2D eigenvalue weighted by atomic mass is 10.2. The normalized spacial score (nSPS) is 12.6. The Hall–Kier alpha value is -4.40. The van der Waals surface area contributed by atoms with Crippen molar-refractivity contribution >= 4 is 11.8 Å². The fraction of sp³-hybridized carbons (Fsp3) is 0.167. The molecule has 0 radical (unpaired) electrons. The lowest BCUT2D eigenvalue weighted by Crippen LogP contribution is -2.25. The van der Waals surface area contributed by atoms with Gasteiger partial charge >= 0.3 is 0 Å². The van der Waals surface area contributed by atoms with E-state index in [1.807, 2.05) is 54.4 Å². The molecule has 9 heteroatoms. The first-order valence-electron chi connectivity index (χ1n) is 10.5. The van der Waals surface area contributed by atoms with Gasteiger partial charge in [0.2, 0.25) is 18.6 Å². The van der Waals surface area contributed by atoms with Crippen molar-refractivity contribution in [3.05, 3.63) is 96.5 Å². The van der Waals surface area contributed by atoms with Crippen LogP contribution in [0.25, 0.3) is 11.4 Å². The van der Waals surface area contributed by atoms with E-state index in [4.69, 9.17) is 14.5 Å². The van der Waals surface area contributed by atoms with E-state index in [0.717, 1.165) is 16.7 Å². The second kappa shape index (κ2) is 9.39. The number of anilines is 2. The van der Waals surface area contributed by atoms with Crippen LogP contribution >= 0.6 is 0 Å². The number of pyridine rings is 2. The van der Waals surface area contributed by atoms with Gasteiger partial charge < -0.3 is 14.8 Å². The maximum Gasteiger partial charge on any atom is 0.235 e. The third-order valence-electron chi connectivity index (χ3n) is 5.15. The highest BCUT2D eigenvalue weighted by molar-refractivity contribution is 5.70. The van der Waals surface area contributed by atoms with Crippen LogP contribution in [0.4, 0.5) is 11.8 Å². The summed E-state index contributed by atoms with van der Waals surface area (Å²) >= 11 is 0. The third kappa shape index (κ3) is 4.62. The molecule has 1 aliphatic heterocycles. The molecule has 0 saturated heterocycles. The molecule has 4 heterocycles. The Bertz CT molecular complexity index is 1240. The van der Waals surface area contributed by atoms with E-state index in [9.17, 15) is 0 Å². The molecular formula is C24H23N7O2. The highest BCUT2D eigenvalue weighted by Crippen LogP contribution is 2.29. The molecule has 0 unspecified atom stereocenters. The van der Waals surface area contributed by atoms with Gasteiger partial charge in [0, 0.05) is 32.2 Å². The van der Waals surface area contributed by atoms with E-state index in [1.165, 1.54) is 0 Å². The predicted molar refractivity (Wildman–Crippen MR) is 124 cm³/mol. The molecule has 166 valence electrons. The summed E-state index contributed by atoms with van der Waals surface area (Å²) in [7, 11) is 1.86. The Labute approximate surface area is 191 Å². The summed E-state index contributed by atoms with van der Waals surface area (Å²) in [5, 5.41) is 8.06. The molecule has 0 atom stereocenters. The topological polar surface area (TPSA) is 90.2 Å². The van der Waals surface area contributed by atoms with Crippen molar-refractivity contribution in [3.63, 3.8) is 0 Å². The van der Waals surface area contributed by atoms with Gasteiger partial charge in [0.05, 0.1) is 12.1 Å². The third-order valence-corrected chi connectivity index (χ3v) is 5.15. The molecule has 1 aromatic carbocycles. The Morgan fingerprint density at radius 2 is 1.85 bits per heavy atom. The minimum absolute atomic E-state index is 0.178. The first kappa shape index (κ1) is 20.5. The zero-order chi connectivity index (χ0) is 22.5. The highest BCUT2D eigenvalue weighted by atomic mass is 16.7. The summed E-state index contributed by atoms with van der Waals surface area (Å²) in [5.41, 5.74) is 3.03. The van der Waals surface area contributed by atoms with Gasteiger partial charge in [-0.25, -0.2) is 9.67 Å². The maximum absolute atomic E-state index is 5.68. The van der Waals surface area contributed by atoms with Crippen molar-refractivity contribution in [1.82, 2.24) is 24.7 Å². The summed E-state index contributed by atoms with van der Waals surface area (Å²) in [4.78, 5) is 15.4. The van der Waals surface area contributed by atoms with Gasteiger partial charge in [-0.2, -0.15) is 4.98 Å². The molecule has 0 bridgehead atoms. The van der Waals surface area contributed by atoms with Crippen molar-refractivity contribution < 1.29 is 9.47 Å². The Morgan fingerprint density at radius 1 is 1.00 bits per heavy atom. The van der Waals surface area contributed by atoms with Gasteiger partial charge in [0.1, 0.15) is 12.1 Å². The van der Waals surface area contributed by atoms with Gasteiger partial charge in [-0.15, -0.1) is 5.10 Å². The molecule has 0 amide bonds. The van der Waals surface area contributed by atoms with Crippen molar-refractivity contribution in [3.8, 4) is 11.4 Å². The average molecular weight is 441 g/mol. The first-order chi connectivity index (χ1) is 16.3. The summed E-state index contributed by atoms with van der Waals surface area (Å²) < 4.78 is 12.7. The summed E-state index contributed by atoms with van der Waals surface area (Å²) in [6.07, 6.45) is 6.89. The van der Waals surface area contributed by atoms with Crippen LogP contribution in [0.5, 0.6) is 0 Å². The molecule has 4 aromatic rings. The smallest absolute Gasteiger partial charge is 0.235 e.